The predicted octanol–water partition coefficient (Wildman–Crippen LogP) is 5.81. The first-order valence-electron chi connectivity index (χ1n) is 11.0. The highest BCUT2D eigenvalue weighted by Crippen LogP contribution is 2.39. The number of hydrogen-bond donors (Lipinski definition) is 0. The van der Waals surface area contributed by atoms with Crippen molar-refractivity contribution in [3.05, 3.63) is 35.9 Å². The number of nitrogens with zero attached hydrogens (tertiary/aromatic N) is 1. The molecular weight excluding hydrogens is 394 g/mol. The molecule has 0 aromatic heterocycles. The maximum Gasteiger partial charge on any atom is 0.192 e. The fourth-order valence-electron chi connectivity index (χ4n) is 3.42. The Hall–Kier alpha value is -1.23. The molecule has 5 nitrogen and oxygen atoms in total. The Kier molecular flexibility index (Phi) is 8.67. The molecule has 3 atom stereocenters. The highest BCUT2D eigenvalue weighted by atomic mass is 28.4. The average molecular weight is 434 g/mol. The summed E-state index contributed by atoms with van der Waals surface area (Å²) >= 11 is 0. The molecule has 2 rings (SSSR count). The molecule has 168 valence electrons. The summed E-state index contributed by atoms with van der Waals surface area (Å²) in [6.45, 7) is 16.3. The first-order valence-corrected chi connectivity index (χ1v) is 13.9. The fourth-order valence-corrected chi connectivity index (χ4v) is 4.82. The first kappa shape index (κ1) is 25.0. The van der Waals surface area contributed by atoms with E-state index < -0.39 is 20.2 Å². The third-order valence-corrected chi connectivity index (χ3v) is 10.5. The van der Waals surface area contributed by atoms with E-state index in [1.54, 1.807) is 0 Å². The molecule has 0 radical (unpaired) electrons. The van der Waals surface area contributed by atoms with E-state index in [1.165, 1.54) is 5.56 Å². The maximum atomic E-state index is 9.37. The molecule has 1 unspecified atom stereocenters. The highest BCUT2D eigenvalue weighted by Gasteiger charge is 2.41. The molecule has 1 aliphatic rings. The van der Waals surface area contributed by atoms with Gasteiger partial charge in [-0.15, -0.1) is 0 Å². The molecular formula is C24H39NO4Si. The number of hydrogen-bond acceptors (Lipinski definition) is 5. The molecule has 1 aromatic rings. The minimum absolute atomic E-state index is 0.0277. The quantitative estimate of drug-likeness (QED) is 0.363. The smallest absolute Gasteiger partial charge is 0.192 e. The zero-order valence-corrected chi connectivity index (χ0v) is 20.7. The Labute approximate surface area is 183 Å². The summed E-state index contributed by atoms with van der Waals surface area (Å²) in [4.78, 5) is 0. The van der Waals surface area contributed by atoms with Crippen molar-refractivity contribution in [1.82, 2.24) is 0 Å². The molecule has 30 heavy (non-hydrogen) atoms. The van der Waals surface area contributed by atoms with Crippen LogP contribution in [0.3, 0.4) is 0 Å². The van der Waals surface area contributed by atoms with Gasteiger partial charge in [-0.25, -0.2) is 0 Å². The van der Waals surface area contributed by atoms with E-state index in [-0.39, 0.29) is 17.2 Å². The first-order chi connectivity index (χ1) is 13.9. The van der Waals surface area contributed by atoms with Crippen LogP contribution < -0.4 is 0 Å². The number of nitriles is 1. The molecule has 0 aliphatic carbocycles. The monoisotopic (exact) mass is 433 g/mol. The summed E-state index contributed by atoms with van der Waals surface area (Å²) < 4.78 is 24.5. The van der Waals surface area contributed by atoms with Gasteiger partial charge >= 0.3 is 0 Å². The van der Waals surface area contributed by atoms with Gasteiger partial charge in [0.25, 0.3) is 0 Å². The van der Waals surface area contributed by atoms with Crippen molar-refractivity contribution in [2.75, 3.05) is 6.61 Å². The van der Waals surface area contributed by atoms with Crippen LogP contribution in [0.15, 0.2) is 30.3 Å². The van der Waals surface area contributed by atoms with E-state index in [2.05, 4.69) is 52.1 Å². The normalized spacial score (nSPS) is 23.0. The molecule has 1 fully saturated rings. The lowest BCUT2D eigenvalue weighted by atomic mass is 10.0. The average Bonchev–Trinajstić information content (AvgIpc) is 2.63. The summed E-state index contributed by atoms with van der Waals surface area (Å²) in [5.41, 5.74) is 1.17. The van der Waals surface area contributed by atoms with Gasteiger partial charge in [0.15, 0.2) is 14.1 Å². The zero-order valence-electron chi connectivity index (χ0n) is 19.7. The fraction of sp³-hybridized carbons (Fsp3) is 0.708. The van der Waals surface area contributed by atoms with Crippen molar-refractivity contribution < 1.29 is 18.6 Å². The molecule has 0 saturated carbocycles. The Bertz CT molecular complexity index is 693. The lowest BCUT2D eigenvalue weighted by molar-refractivity contribution is -0.291. The van der Waals surface area contributed by atoms with Gasteiger partial charge in [0.2, 0.25) is 0 Å². The molecule has 0 N–H and O–H groups in total. The third-order valence-electron chi connectivity index (χ3n) is 5.99. The number of benzene rings is 1. The van der Waals surface area contributed by atoms with Crippen molar-refractivity contribution >= 4 is 8.32 Å². The van der Waals surface area contributed by atoms with Gasteiger partial charge in [0.05, 0.1) is 18.8 Å². The van der Waals surface area contributed by atoms with E-state index in [0.717, 1.165) is 12.8 Å². The molecule has 1 aromatic carbocycles. The molecule has 6 heteroatoms. The molecule has 1 heterocycles. The van der Waals surface area contributed by atoms with Gasteiger partial charge in [-0.05, 0) is 50.4 Å². The minimum Gasteiger partial charge on any atom is -0.414 e. The second-order valence-electron chi connectivity index (χ2n) is 10.2. The largest absolute Gasteiger partial charge is 0.414 e. The molecule has 0 bridgehead atoms. The van der Waals surface area contributed by atoms with E-state index >= 15 is 0 Å². The standard InChI is InChI=1S/C24H39NO4Si/c1-23(2,3)30(6,7)29-20(13-14-26-18-19-11-9-8-10-12-19)15-21-16-22(17-25)28-24(4,5)27-21/h8-12,20-22H,13-16,18H2,1-7H3/t20-,21-,22?/m0/s1. The van der Waals surface area contributed by atoms with Crippen LogP contribution in [0, 0.1) is 11.3 Å². The van der Waals surface area contributed by atoms with Gasteiger partial charge in [0, 0.05) is 19.1 Å². The summed E-state index contributed by atoms with van der Waals surface area (Å²) in [7, 11) is -1.94. The van der Waals surface area contributed by atoms with Gasteiger partial charge in [0.1, 0.15) is 6.10 Å². The predicted molar refractivity (Wildman–Crippen MR) is 121 cm³/mol. The van der Waals surface area contributed by atoms with Crippen LogP contribution in [0.1, 0.15) is 59.4 Å². The summed E-state index contributed by atoms with van der Waals surface area (Å²) in [6.07, 6.45) is 1.63. The van der Waals surface area contributed by atoms with Crippen LogP contribution in [-0.2, 0) is 25.2 Å². The van der Waals surface area contributed by atoms with Crippen LogP contribution in [0.5, 0.6) is 0 Å². The minimum atomic E-state index is -1.94. The van der Waals surface area contributed by atoms with Gasteiger partial charge < -0.3 is 18.6 Å². The van der Waals surface area contributed by atoms with Crippen molar-refractivity contribution in [2.24, 2.45) is 0 Å². The lowest BCUT2D eigenvalue weighted by Crippen LogP contribution is -2.48. The summed E-state index contributed by atoms with van der Waals surface area (Å²) in [6, 6.07) is 12.5. The Morgan fingerprint density at radius 2 is 1.87 bits per heavy atom. The lowest BCUT2D eigenvalue weighted by Gasteiger charge is -2.42. The molecule has 1 aliphatic heterocycles. The topological polar surface area (TPSA) is 60.7 Å². The Morgan fingerprint density at radius 3 is 2.47 bits per heavy atom. The van der Waals surface area contributed by atoms with Crippen LogP contribution >= 0.6 is 0 Å². The second-order valence-corrected chi connectivity index (χ2v) is 14.9. The van der Waals surface area contributed by atoms with Crippen molar-refractivity contribution in [3.8, 4) is 6.07 Å². The van der Waals surface area contributed by atoms with Crippen LogP contribution in [-0.4, -0.2) is 39.0 Å². The SMILES string of the molecule is CC1(C)OC(C#N)C[C@H](C[C@H](CCOCc2ccccc2)O[Si](C)(C)C(C)(C)C)O1. The molecule has 1 saturated heterocycles. The highest BCUT2D eigenvalue weighted by molar-refractivity contribution is 6.74. The Balaban J connectivity index is 2.00. The van der Waals surface area contributed by atoms with E-state index in [9.17, 15) is 5.26 Å². The van der Waals surface area contributed by atoms with Gasteiger partial charge in [-0.3, -0.25) is 0 Å². The van der Waals surface area contributed by atoms with Crippen LogP contribution in [0.2, 0.25) is 18.1 Å². The Morgan fingerprint density at radius 1 is 1.20 bits per heavy atom. The number of ether oxygens (including phenoxy) is 3. The van der Waals surface area contributed by atoms with Gasteiger partial charge in [-0.2, -0.15) is 5.26 Å². The van der Waals surface area contributed by atoms with E-state index in [1.807, 2.05) is 32.0 Å². The third kappa shape index (κ3) is 7.79. The summed E-state index contributed by atoms with van der Waals surface area (Å²) in [5.74, 6) is -0.755. The van der Waals surface area contributed by atoms with Crippen LogP contribution in [0.25, 0.3) is 0 Å². The maximum absolute atomic E-state index is 9.37. The van der Waals surface area contributed by atoms with Gasteiger partial charge in [-0.1, -0.05) is 51.1 Å². The molecule has 0 spiro atoms. The van der Waals surface area contributed by atoms with E-state index in [0.29, 0.717) is 19.6 Å². The molecule has 0 amide bonds. The van der Waals surface area contributed by atoms with Crippen molar-refractivity contribution in [1.29, 1.82) is 5.26 Å². The van der Waals surface area contributed by atoms with Crippen LogP contribution in [0.4, 0.5) is 0 Å². The van der Waals surface area contributed by atoms with Crippen molar-refractivity contribution in [2.45, 2.75) is 103 Å². The van der Waals surface area contributed by atoms with Crippen molar-refractivity contribution in [3.63, 3.8) is 0 Å². The van der Waals surface area contributed by atoms with E-state index in [4.69, 9.17) is 18.6 Å². The summed E-state index contributed by atoms with van der Waals surface area (Å²) in [5, 5.41) is 9.50. The second kappa shape index (κ2) is 10.4. The number of rotatable bonds is 9. The zero-order chi connectivity index (χ0) is 22.4.